The zero-order valence-electron chi connectivity index (χ0n) is 34.5. The van der Waals surface area contributed by atoms with E-state index in [2.05, 4.69) is 154 Å². The number of ketones is 2. The highest BCUT2D eigenvalue weighted by Crippen LogP contribution is 2.18. The van der Waals surface area contributed by atoms with Gasteiger partial charge >= 0.3 is 0 Å². The molecular formula is C50H71NO2. The second-order valence-electron chi connectivity index (χ2n) is 15.1. The molecule has 3 heteroatoms. The summed E-state index contributed by atoms with van der Waals surface area (Å²) in [5, 5.41) is 3.52. The summed E-state index contributed by atoms with van der Waals surface area (Å²) in [6.07, 6.45) is 25.0. The Morgan fingerprint density at radius 3 is 1.77 bits per heavy atom. The van der Waals surface area contributed by atoms with Crippen molar-refractivity contribution in [2.45, 2.75) is 95.0 Å². The summed E-state index contributed by atoms with van der Waals surface area (Å²) in [6.45, 7) is 36.8. The molecule has 0 heterocycles. The molecule has 0 fully saturated rings. The first kappa shape index (κ1) is 48.0. The van der Waals surface area contributed by atoms with Crippen LogP contribution in [0.1, 0.15) is 100 Å². The van der Waals surface area contributed by atoms with Crippen molar-refractivity contribution in [1.29, 1.82) is 0 Å². The van der Waals surface area contributed by atoms with Gasteiger partial charge in [0.2, 0.25) is 0 Å². The Hall–Kier alpha value is -5.02. The molecule has 0 spiro atoms. The van der Waals surface area contributed by atoms with Crippen LogP contribution in [0.4, 0.5) is 0 Å². The van der Waals surface area contributed by atoms with Gasteiger partial charge in [-0.1, -0.05) is 184 Å². The van der Waals surface area contributed by atoms with Crippen LogP contribution in [0, 0.1) is 17.8 Å². The van der Waals surface area contributed by atoms with Crippen LogP contribution < -0.4 is 5.32 Å². The van der Waals surface area contributed by atoms with Gasteiger partial charge in [-0.05, 0) is 102 Å². The predicted octanol–water partition coefficient (Wildman–Crippen LogP) is 13.8. The molecule has 288 valence electrons. The van der Waals surface area contributed by atoms with Crippen molar-refractivity contribution in [3.05, 3.63) is 186 Å². The largest absolute Gasteiger partial charge is 0.381 e. The Kier molecular flexibility index (Phi) is 23.4. The summed E-state index contributed by atoms with van der Waals surface area (Å²) in [5.41, 5.74) is 9.35. The molecule has 0 saturated carbocycles. The zero-order chi connectivity index (χ0) is 40.5. The molecule has 1 N–H and O–H groups in total. The molecule has 2 aromatic rings. The first-order chi connectivity index (χ1) is 24.9. The van der Waals surface area contributed by atoms with Crippen molar-refractivity contribution in [1.82, 2.24) is 5.32 Å². The fourth-order valence-electron chi connectivity index (χ4n) is 3.96. The zero-order valence-corrected chi connectivity index (χ0v) is 34.5. The molecule has 0 saturated heterocycles. The van der Waals surface area contributed by atoms with E-state index < -0.39 is 0 Å². The number of carbonyl (C=O) groups is 2. The van der Waals surface area contributed by atoms with E-state index in [1.807, 2.05) is 25.2 Å². The van der Waals surface area contributed by atoms with Gasteiger partial charge in [-0.3, -0.25) is 9.59 Å². The van der Waals surface area contributed by atoms with Gasteiger partial charge in [0, 0.05) is 15.1 Å². The van der Waals surface area contributed by atoms with Crippen LogP contribution in [-0.4, -0.2) is 11.6 Å². The SMILES string of the molecule is C=CC(/C=C\C(=O)/C=C\C(C)(C)C)=C(C=C)/C=C/C(=C)CCc1ccc(CNC(=C\C)/C=C/c2ccccc2C)cc1.C=CC(C)=O.CCC(C)(C)C.[HH].[HH]. The second-order valence-corrected chi connectivity index (χ2v) is 15.1. The molecule has 2 aromatic carbocycles. The lowest BCUT2D eigenvalue weighted by molar-refractivity contribution is -0.112. The molecule has 0 radical (unpaired) electrons. The molecule has 0 aliphatic heterocycles. The van der Waals surface area contributed by atoms with Gasteiger partial charge < -0.3 is 5.32 Å². The number of benzene rings is 2. The summed E-state index contributed by atoms with van der Waals surface area (Å²) in [6, 6.07) is 17.1. The fourth-order valence-corrected chi connectivity index (χ4v) is 3.96. The lowest BCUT2D eigenvalue weighted by Crippen LogP contribution is -2.11. The number of aryl methyl sites for hydroxylation is 2. The topological polar surface area (TPSA) is 46.2 Å². The van der Waals surface area contributed by atoms with Crippen LogP contribution in [0.2, 0.25) is 0 Å². The average Bonchev–Trinajstić information content (AvgIpc) is 3.12. The van der Waals surface area contributed by atoms with Crippen LogP contribution in [0.15, 0.2) is 164 Å². The summed E-state index contributed by atoms with van der Waals surface area (Å²) < 4.78 is 0. The number of allylic oxidation sites excluding steroid dienone is 14. The van der Waals surface area contributed by atoms with Crippen LogP contribution in [0.5, 0.6) is 0 Å². The third-order valence-electron chi connectivity index (χ3n) is 7.99. The molecule has 0 atom stereocenters. The highest BCUT2D eigenvalue weighted by Gasteiger charge is 2.05. The lowest BCUT2D eigenvalue weighted by atomic mass is 9.94. The van der Waals surface area contributed by atoms with E-state index in [1.165, 1.54) is 41.7 Å². The monoisotopic (exact) mass is 718 g/mol. The summed E-state index contributed by atoms with van der Waals surface area (Å²) in [4.78, 5) is 21.9. The summed E-state index contributed by atoms with van der Waals surface area (Å²) in [5.74, 6) is -0.0369. The molecule has 3 nitrogen and oxygen atoms in total. The fraction of sp³-hybridized carbons (Fsp3) is 0.320. The van der Waals surface area contributed by atoms with Gasteiger partial charge in [0.05, 0.1) is 0 Å². The van der Waals surface area contributed by atoms with Gasteiger partial charge in [0.15, 0.2) is 11.6 Å². The average molecular weight is 718 g/mol. The number of hydrogen-bond acceptors (Lipinski definition) is 3. The van der Waals surface area contributed by atoms with Gasteiger partial charge in [-0.15, -0.1) is 0 Å². The third kappa shape index (κ3) is 24.7. The maximum atomic E-state index is 12.2. The molecule has 0 aliphatic carbocycles. The minimum atomic E-state index is -0.0555. The normalized spacial score (nSPS) is 12.5. The Balaban J connectivity index is -0.00000181. The summed E-state index contributed by atoms with van der Waals surface area (Å²) >= 11 is 0. The van der Waals surface area contributed by atoms with Gasteiger partial charge in [-0.25, -0.2) is 0 Å². The minimum absolute atomic E-state index is 0. The highest BCUT2D eigenvalue weighted by atomic mass is 16.1. The van der Waals surface area contributed by atoms with Crippen molar-refractivity contribution >= 4 is 17.6 Å². The van der Waals surface area contributed by atoms with Crippen LogP contribution in [0.25, 0.3) is 6.08 Å². The van der Waals surface area contributed by atoms with E-state index in [0.29, 0.717) is 5.41 Å². The molecular weight excluding hydrogens is 647 g/mol. The van der Waals surface area contributed by atoms with E-state index in [-0.39, 0.29) is 19.8 Å². The Bertz CT molecular complexity index is 1680. The molecule has 0 amide bonds. The van der Waals surface area contributed by atoms with E-state index in [4.69, 9.17) is 0 Å². The lowest BCUT2D eigenvalue weighted by Gasteiger charge is -2.12. The first-order valence-corrected chi connectivity index (χ1v) is 18.5. The quantitative estimate of drug-likeness (QED) is 0.139. The van der Waals surface area contributed by atoms with Crippen molar-refractivity contribution in [3.8, 4) is 0 Å². The predicted molar refractivity (Wildman–Crippen MR) is 239 cm³/mol. The molecule has 2 rings (SSSR count). The Labute approximate surface area is 326 Å². The Morgan fingerprint density at radius 1 is 0.774 bits per heavy atom. The number of nitrogens with one attached hydrogen (secondary N) is 1. The minimum Gasteiger partial charge on any atom is -0.381 e. The maximum absolute atomic E-state index is 12.2. The van der Waals surface area contributed by atoms with E-state index >= 15 is 0 Å². The highest BCUT2D eigenvalue weighted by molar-refractivity contribution is 5.99. The second kappa shape index (κ2) is 25.9. The Morgan fingerprint density at radius 2 is 1.30 bits per heavy atom. The number of hydrogen-bond donors (Lipinski definition) is 1. The van der Waals surface area contributed by atoms with Crippen molar-refractivity contribution < 1.29 is 12.4 Å². The van der Waals surface area contributed by atoms with Crippen molar-refractivity contribution in [3.63, 3.8) is 0 Å². The van der Waals surface area contributed by atoms with Gasteiger partial charge in [0.25, 0.3) is 0 Å². The molecule has 0 unspecified atom stereocenters. The summed E-state index contributed by atoms with van der Waals surface area (Å²) in [7, 11) is 0. The van der Waals surface area contributed by atoms with Gasteiger partial charge in [-0.2, -0.15) is 0 Å². The van der Waals surface area contributed by atoms with E-state index in [9.17, 15) is 9.59 Å². The number of carbonyl (C=O) groups excluding carboxylic acids is 2. The van der Waals surface area contributed by atoms with Crippen LogP contribution in [-0.2, 0) is 22.6 Å². The van der Waals surface area contributed by atoms with Gasteiger partial charge in [0.1, 0.15) is 0 Å². The van der Waals surface area contributed by atoms with Crippen molar-refractivity contribution in [2.24, 2.45) is 10.8 Å². The smallest absolute Gasteiger partial charge is 0.178 e. The molecule has 0 aromatic heterocycles. The van der Waals surface area contributed by atoms with E-state index in [0.717, 1.165) is 41.8 Å². The standard InChI is InChI=1S/C40H47NO.C6H14.C4H6O.2H2/c1-9-35(36(10-2)25-27-39(42)28-29-40(6,7)8)23-17-31(4)16-18-33-19-21-34(22-20-33)30-41-38(11-3)26-24-37-15-13-12-14-32(37)5;1-5-6(2,3)4;1-3-4(2)5;;/h9-15,17,19-29,41H,1-2,4,16,18,30H2,3,5-8H3;5H2,1-4H3;3H,1H2,2H3;2*1H/b23-17+,26-24+,27-25-,29-28-,36-35-,38-11-;;;;. The van der Waals surface area contributed by atoms with Crippen molar-refractivity contribution in [2.75, 3.05) is 0 Å². The van der Waals surface area contributed by atoms with Crippen LogP contribution in [0.3, 0.4) is 0 Å². The molecule has 0 bridgehead atoms. The first-order valence-electron chi connectivity index (χ1n) is 18.5. The van der Waals surface area contributed by atoms with Crippen LogP contribution >= 0.6 is 0 Å². The molecule has 53 heavy (non-hydrogen) atoms. The maximum Gasteiger partial charge on any atom is 0.178 e. The third-order valence-corrected chi connectivity index (χ3v) is 7.99. The molecule has 0 aliphatic rings. The number of rotatable bonds is 16. The van der Waals surface area contributed by atoms with E-state index in [1.54, 1.807) is 30.4 Å².